The number of thiazole rings is 1. The minimum Gasteiger partial charge on any atom is -0.494 e. The second-order valence-electron chi connectivity index (χ2n) is 6.46. The first-order valence-corrected chi connectivity index (χ1v) is 9.36. The van der Waals surface area contributed by atoms with E-state index in [1.54, 1.807) is 24.3 Å². The maximum absolute atomic E-state index is 12.6. The van der Waals surface area contributed by atoms with Crippen molar-refractivity contribution in [2.45, 2.75) is 13.8 Å². The van der Waals surface area contributed by atoms with Crippen LogP contribution in [0.5, 0.6) is 11.5 Å². The van der Waals surface area contributed by atoms with Crippen molar-refractivity contribution >= 4 is 38.3 Å². The summed E-state index contributed by atoms with van der Waals surface area (Å²) in [5, 5.41) is 14.1. The largest absolute Gasteiger partial charge is 0.494 e. The van der Waals surface area contributed by atoms with Crippen LogP contribution in [0.1, 0.15) is 24.2 Å². The van der Waals surface area contributed by atoms with E-state index in [1.807, 2.05) is 13.8 Å². The number of nitro benzene ring substituents is 1. The van der Waals surface area contributed by atoms with Gasteiger partial charge in [0.15, 0.2) is 10.9 Å². The van der Waals surface area contributed by atoms with E-state index in [-0.39, 0.29) is 17.3 Å². The number of nitrogens with zero attached hydrogens (tertiary/aromatic N) is 2. The number of carbonyl (C=O) groups excluding carboxylic acids is 1. The second kappa shape index (κ2) is 8.22. The number of hydrogen-bond donors (Lipinski definition) is 1. The van der Waals surface area contributed by atoms with E-state index >= 15 is 0 Å². The average molecular weight is 401 g/mol. The Morgan fingerprint density at radius 3 is 2.79 bits per heavy atom. The summed E-state index contributed by atoms with van der Waals surface area (Å²) in [6.07, 6.45) is 0. The normalized spacial score (nSPS) is 10.9. The van der Waals surface area contributed by atoms with Gasteiger partial charge in [-0.1, -0.05) is 31.3 Å². The number of benzene rings is 2. The summed E-state index contributed by atoms with van der Waals surface area (Å²) in [6.45, 7) is 4.64. The third kappa shape index (κ3) is 4.37. The molecule has 1 amide bonds. The van der Waals surface area contributed by atoms with Crippen LogP contribution in [0.4, 0.5) is 10.8 Å². The summed E-state index contributed by atoms with van der Waals surface area (Å²) in [5.41, 5.74) is 0.793. The van der Waals surface area contributed by atoms with Crippen molar-refractivity contribution in [1.29, 1.82) is 0 Å². The molecule has 0 bridgehead atoms. The fourth-order valence-corrected chi connectivity index (χ4v) is 3.37. The number of nitrogens with one attached hydrogen (secondary N) is 1. The molecule has 2 aromatic carbocycles. The highest BCUT2D eigenvalue weighted by atomic mass is 32.1. The van der Waals surface area contributed by atoms with E-state index in [0.717, 1.165) is 11.3 Å². The number of nitro groups is 1. The van der Waals surface area contributed by atoms with Crippen LogP contribution in [0.3, 0.4) is 0 Å². The highest BCUT2D eigenvalue weighted by Crippen LogP contribution is 2.36. The number of hydrogen-bond acceptors (Lipinski definition) is 7. The van der Waals surface area contributed by atoms with Crippen LogP contribution in [0.15, 0.2) is 36.4 Å². The molecule has 0 spiro atoms. The monoisotopic (exact) mass is 401 g/mol. The van der Waals surface area contributed by atoms with Crippen LogP contribution in [-0.4, -0.2) is 29.5 Å². The first kappa shape index (κ1) is 19.6. The number of carbonyl (C=O) groups is 1. The maximum Gasteiger partial charge on any atom is 0.274 e. The molecule has 0 saturated heterocycles. The van der Waals surface area contributed by atoms with Gasteiger partial charge in [-0.25, -0.2) is 4.98 Å². The number of rotatable bonds is 7. The average Bonchev–Trinajstić information content (AvgIpc) is 3.08. The number of non-ortho nitro benzene ring substituents is 1. The lowest BCUT2D eigenvalue weighted by molar-refractivity contribution is -0.384. The number of anilines is 1. The minimum atomic E-state index is -0.497. The minimum absolute atomic E-state index is 0.0964. The van der Waals surface area contributed by atoms with E-state index < -0.39 is 4.92 Å². The highest BCUT2D eigenvalue weighted by Gasteiger charge is 2.18. The van der Waals surface area contributed by atoms with Gasteiger partial charge in [0.2, 0.25) is 0 Å². The summed E-state index contributed by atoms with van der Waals surface area (Å²) in [5.74, 6) is 0.926. The second-order valence-corrected chi connectivity index (χ2v) is 7.49. The molecule has 1 N–H and O–H groups in total. The lowest BCUT2D eigenvalue weighted by Crippen LogP contribution is -2.12. The summed E-state index contributed by atoms with van der Waals surface area (Å²) in [4.78, 5) is 27.5. The number of aromatic nitrogens is 1. The Bertz CT molecular complexity index is 1030. The van der Waals surface area contributed by atoms with Gasteiger partial charge in [-0.3, -0.25) is 20.2 Å². The van der Waals surface area contributed by atoms with Crippen molar-refractivity contribution in [3.8, 4) is 11.5 Å². The Morgan fingerprint density at radius 1 is 1.32 bits per heavy atom. The predicted octanol–water partition coefficient (Wildman–Crippen LogP) is 4.50. The topological polar surface area (TPSA) is 104 Å². The third-order valence-electron chi connectivity index (χ3n) is 3.78. The molecular formula is C19H19N3O5S. The standard InChI is InChI=1S/C19H19N3O5S/c1-11(2)10-27-14-6-4-5-12(7-14)18(23)21-19-20-17-15(26-3)8-13(22(24)25)9-16(17)28-19/h4-9,11H,10H2,1-3H3,(H,20,21,23). The SMILES string of the molecule is COc1cc([N+](=O)[O-])cc2sc(NC(=O)c3cccc(OCC(C)C)c3)nc12. The van der Waals surface area contributed by atoms with Gasteiger partial charge in [0.1, 0.15) is 11.3 Å². The molecule has 0 fully saturated rings. The lowest BCUT2D eigenvalue weighted by atomic mass is 10.2. The van der Waals surface area contributed by atoms with Gasteiger partial charge >= 0.3 is 0 Å². The van der Waals surface area contributed by atoms with Crippen LogP contribution in [0.2, 0.25) is 0 Å². The van der Waals surface area contributed by atoms with Gasteiger partial charge < -0.3 is 9.47 Å². The molecule has 3 aromatic rings. The summed E-state index contributed by atoms with van der Waals surface area (Å²) >= 11 is 1.14. The molecule has 3 rings (SSSR count). The molecule has 0 unspecified atom stereocenters. The number of amides is 1. The molecule has 1 heterocycles. The van der Waals surface area contributed by atoms with Crippen LogP contribution in [0.25, 0.3) is 10.2 Å². The molecule has 0 radical (unpaired) electrons. The molecule has 0 aliphatic heterocycles. The molecule has 0 saturated carbocycles. The lowest BCUT2D eigenvalue weighted by Gasteiger charge is -2.09. The zero-order chi connectivity index (χ0) is 20.3. The van der Waals surface area contributed by atoms with Gasteiger partial charge in [-0.15, -0.1) is 0 Å². The molecule has 0 atom stereocenters. The van der Waals surface area contributed by atoms with Gasteiger partial charge in [0.05, 0.1) is 29.4 Å². The Kier molecular flexibility index (Phi) is 5.74. The molecular weight excluding hydrogens is 382 g/mol. The Hall–Kier alpha value is -3.20. The van der Waals surface area contributed by atoms with Gasteiger partial charge in [-0.2, -0.15) is 0 Å². The number of methoxy groups -OCH3 is 1. The van der Waals surface area contributed by atoms with Crippen molar-refractivity contribution < 1.29 is 19.2 Å². The van der Waals surface area contributed by atoms with Gasteiger partial charge in [-0.05, 0) is 24.1 Å². The zero-order valence-corrected chi connectivity index (χ0v) is 16.4. The fraction of sp³-hybridized carbons (Fsp3) is 0.263. The third-order valence-corrected chi connectivity index (χ3v) is 4.69. The van der Waals surface area contributed by atoms with Crippen molar-refractivity contribution in [1.82, 2.24) is 4.98 Å². The molecule has 146 valence electrons. The Balaban J connectivity index is 1.83. The van der Waals surface area contributed by atoms with Crippen molar-refractivity contribution in [2.24, 2.45) is 5.92 Å². The Labute approximate surface area is 165 Å². The molecule has 9 heteroatoms. The van der Waals surface area contributed by atoms with E-state index in [0.29, 0.717) is 39.2 Å². The summed E-state index contributed by atoms with van der Waals surface area (Å²) in [6, 6.07) is 9.59. The van der Waals surface area contributed by atoms with Gasteiger partial charge in [0, 0.05) is 11.6 Å². The molecule has 0 aliphatic rings. The van der Waals surface area contributed by atoms with Crippen molar-refractivity contribution in [3.05, 3.63) is 52.1 Å². The van der Waals surface area contributed by atoms with Crippen LogP contribution in [0, 0.1) is 16.0 Å². The van der Waals surface area contributed by atoms with E-state index in [2.05, 4.69) is 10.3 Å². The maximum atomic E-state index is 12.6. The molecule has 28 heavy (non-hydrogen) atoms. The van der Waals surface area contributed by atoms with E-state index in [1.165, 1.54) is 19.2 Å². The van der Waals surface area contributed by atoms with Crippen molar-refractivity contribution in [3.63, 3.8) is 0 Å². The first-order chi connectivity index (χ1) is 13.4. The summed E-state index contributed by atoms with van der Waals surface area (Å²) < 4.78 is 11.4. The summed E-state index contributed by atoms with van der Waals surface area (Å²) in [7, 11) is 1.42. The number of fused-ring (bicyclic) bond motifs is 1. The van der Waals surface area contributed by atoms with Crippen LogP contribution in [-0.2, 0) is 0 Å². The van der Waals surface area contributed by atoms with Crippen LogP contribution < -0.4 is 14.8 Å². The first-order valence-electron chi connectivity index (χ1n) is 8.54. The van der Waals surface area contributed by atoms with E-state index in [9.17, 15) is 14.9 Å². The Morgan fingerprint density at radius 2 is 2.11 bits per heavy atom. The quantitative estimate of drug-likeness (QED) is 0.462. The highest BCUT2D eigenvalue weighted by molar-refractivity contribution is 7.22. The van der Waals surface area contributed by atoms with Crippen molar-refractivity contribution in [2.75, 3.05) is 19.0 Å². The number of ether oxygens (including phenoxy) is 2. The molecule has 0 aliphatic carbocycles. The molecule has 1 aromatic heterocycles. The van der Waals surface area contributed by atoms with Crippen LogP contribution >= 0.6 is 11.3 Å². The predicted molar refractivity (Wildman–Crippen MR) is 108 cm³/mol. The van der Waals surface area contributed by atoms with E-state index in [4.69, 9.17) is 9.47 Å². The fourth-order valence-electron chi connectivity index (χ4n) is 2.46. The smallest absolute Gasteiger partial charge is 0.274 e. The zero-order valence-electron chi connectivity index (χ0n) is 15.6. The van der Waals surface area contributed by atoms with Gasteiger partial charge in [0.25, 0.3) is 11.6 Å². The molecule has 8 nitrogen and oxygen atoms in total.